The van der Waals surface area contributed by atoms with Gasteiger partial charge < -0.3 is 5.32 Å². The van der Waals surface area contributed by atoms with Crippen LogP contribution in [0.4, 0.5) is 14.5 Å². The molecule has 0 aromatic heterocycles. The molecule has 2 rings (SSSR count). The molecule has 1 aliphatic carbocycles. The standard InChI is InChI=1S/C13H14F2INO/c1-8-10(16)3-2-4-11(8)17-12(18)9-5-6-13(14,15)7-9/h2-4,9H,5-7H2,1H3,(H,17,18). The molecule has 1 unspecified atom stereocenters. The summed E-state index contributed by atoms with van der Waals surface area (Å²) in [4.78, 5) is 11.9. The van der Waals surface area contributed by atoms with Gasteiger partial charge in [0.05, 0.1) is 0 Å². The van der Waals surface area contributed by atoms with E-state index in [4.69, 9.17) is 0 Å². The fourth-order valence-electron chi connectivity index (χ4n) is 2.15. The molecule has 0 spiro atoms. The number of rotatable bonds is 2. The molecule has 0 radical (unpaired) electrons. The number of amides is 1. The molecule has 0 aliphatic heterocycles. The first-order valence-corrected chi connectivity index (χ1v) is 6.91. The van der Waals surface area contributed by atoms with Crippen LogP contribution in [0.15, 0.2) is 18.2 Å². The number of halogens is 3. The van der Waals surface area contributed by atoms with Gasteiger partial charge in [-0.2, -0.15) is 0 Å². The molecule has 0 saturated heterocycles. The maximum Gasteiger partial charge on any atom is 0.248 e. The number of hydrogen-bond donors (Lipinski definition) is 1. The number of alkyl halides is 2. The number of carbonyl (C=O) groups excluding carboxylic acids is 1. The van der Waals surface area contributed by atoms with Crippen LogP contribution in [0.1, 0.15) is 24.8 Å². The molecule has 1 aromatic carbocycles. The van der Waals surface area contributed by atoms with Gasteiger partial charge in [0.1, 0.15) is 0 Å². The molecule has 5 heteroatoms. The topological polar surface area (TPSA) is 29.1 Å². The van der Waals surface area contributed by atoms with Crippen molar-refractivity contribution in [3.8, 4) is 0 Å². The molecule has 98 valence electrons. The monoisotopic (exact) mass is 365 g/mol. The quantitative estimate of drug-likeness (QED) is 0.790. The number of nitrogens with one attached hydrogen (secondary N) is 1. The minimum Gasteiger partial charge on any atom is -0.326 e. The van der Waals surface area contributed by atoms with Gasteiger partial charge in [-0.25, -0.2) is 8.78 Å². The van der Waals surface area contributed by atoms with Crippen LogP contribution < -0.4 is 5.32 Å². The lowest BCUT2D eigenvalue weighted by atomic mass is 10.1. The Labute approximate surface area is 118 Å². The summed E-state index contributed by atoms with van der Waals surface area (Å²) in [6.45, 7) is 1.90. The van der Waals surface area contributed by atoms with E-state index in [2.05, 4.69) is 27.9 Å². The van der Waals surface area contributed by atoms with Crippen LogP contribution >= 0.6 is 22.6 Å². The second-order valence-corrected chi connectivity index (χ2v) is 5.86. The number of carbonyl (C=O) groups is 1. The van der Waals surface area contributed by atoms with Gasteiger partial charge in [-0.1, -0.05) is 6.07 Å². The van der Waals surface area contributed by atoms with Crippen molar-refractivity contribution in [1.82, 2.24) is 0 Å². The smallest absolute Gasteiger partial charge is 0.248 e. The van der Waals surface area contributed by atoms with Crippen LogP contribution in [-0.4, -0.2) is 11.8 Å². The first kappa shape index (κ1) is 13.7. The van der Waals surface area contributed by atoms with Crippen molar-refractivity contribution in [3.63, 3.8) is 0 Å². The van der Waals surface area contributed by atoms with Gasteiger partial charge in [0.25, 0.3) is 0 Å². The second kappa shape index (κ2) is 5.11. The lowest BCUT2D eigenvalue weighted by Crippen LogP contribution is -2.22. The minimum absolute atomic E-state index is 0.184. The third kappa shape index (κ3) is 2.99. The Balaban J connectivity index is 2.06. The second-order valence-electron chi connectivity index (χ2n) is 4.70. The molecule has 1 atom stereocenters. The van der Waals surface area contributed by atoms with Crippen molar-refractivity contribution in [2.75, 3.05) is 5.32 Å². The van der Waals surface area contributed by atoms with Crippen molar-refractivity contribution >= 4 is 34.2 Å². The number of benzene rings is 1. The van der Waals surface area contributed by atoms with E-state index < -0.39 is 11.8 Å². The van der Waals surface area contributed by atoms with Gasteiger partial charge in [0.15, 0.2) is 0 Å². The summed E-state index contributed by atoms with van der Waals surface area (Å²) in [5, 5.41) is 2.75. The molecule has 1 amide bonds. The van der Waals surface area contributed by atoms with Crippen molar-refractivity contribution in [3.05, 3.63) is 27.3 Å². The summed E-state index contributed by atoms with van der Waals surface area (Å²) in [7, 11) is 0. The predicted molar refractivity (Wildman–Crippen MR) is 74.8 cm³/mol. The van der Waals surface area contributed by atoms with Crippen LogP contribution in [0.2, 0.25) is 0 Å². The molecular weight excluding hydrogens is 351 g/mol. The van der Waals surface area contributed by atoms with Gasteiger partial charge in [-0.3, -0.25) is 4.79 Å². The fourth-order valence-corrected chi connectivity index (χ4v) is 2.65. The molecule has 1 aliphatic rings. The Morgan fingerprint density at radius 3 is 2.83 bits per heavy atom. The van der Waals surface area contributed by atoms with E-state index >= 15 is 0 Å². The predicted octanol–water partition coefficient (Wildman–Crippen LogP) is 3.97. The first-order valence-electron chi connectivity index (χ1n) is 5.83. The lowest BCUT2D eigenvalue weighted by Gasteiger charge is -2.13. The Hall–Kier alpha value is -0.720. The van der Waals surface area contributed by atoms with E-state index in [9.17, 15) is 13.6 Å². The third-order valence-electron chi connectivity index (χ3n) is 3.30. The van der Waals surface area contributed by atoms with Crippen molar-refractivity contribution < 1.29 is 13.6 Å². The van der Waals surface area contributed by atoms with E-state index in [0.717, 1.165) is 9.13 Å². The van der Waals surface area contributed by atoms with Crippen LogP contribution in [0.25, 0.3) is 0 Å². The molecule has 0 heterocycles. The average Bonchev–Trinajstić information content (AvgIpc) is 2.65. The van der Waals surface area contributed by atoms with Crippen LogP contribution in [0.3, 0.4) is 0 Å². The molecular formula is C13H14F2INO. The van der Waals surface area contributed by atoms with E-state index in [1.54, 1.807) is 6.07 Å². The number of anilines is 1. The van der Waals surface area contributed by atoms with Gasteiger partial charge in [0.2, 0.25) is 11.8 Å². The van der Waals surface area contributed by atoms with Crippen LogP contribution in [0, 0.1) is 16.4 Å². The van der Waals surface area contributed by atoms with Crippen molar-refractivity contribution in [1.29, 1.82) is 0 Å². The Morgan fingerprint density at radius 1 is 1.50 bits per heavy atom. The molecule has 18 heavy (non-hydrogen) atoms. The lowest BCUT2D eigenvalue weighted by molar-refractivity contribution is -0.120. The Bertz CT molecular complexity index is 476. The first-order chi connectivity index (χ1) is 8.39. The number of hydrogen-bond acceptors (Lipinski definition) is 1. The SMILES string of the molecule is Cc1c(I)cccc1NC(=O)C1CCC(F)(F)C1. The summed E-state index contributed by atoms with van der Waals surface area (Å²) in [5.41, 5.74) is 1.68. The molecule has 1 saturated carbocycles. The molecule has 1 aromatic rings. The summed E-state index contributed by atoms with van der Waals surface area (Å²) in [6, 6.07) is 5.57. The summed E-state index contributed by atoms with van der Waals surface area (Å²) < 4.78 is 27.2. The van der Waals surface area contributed by atoms with Crippen molar-refractivity contribution in [2.24, 2.45) is 5.92 Å². The van der Waals surface area contributed by atoms with Gasteiger partial charge in [-0.05, 0) is 53.6 Å². The van der Waals surface area contributed by atoms with Gasteiger partial charge in [-0.15, -0.1) is 0 Å². The average molecular weight is 365 g/mol. The molecule has 1 fully saturated rings. The van der Waals surface area contributed by atoms with Gasteiger partial charge >= 0.3 is 0 Å². The Morgan fingerprint density at radius 2 is 2.22 bits per heavy atom. The highest BCUT2D eigenvalue weighted by Crippen LogP contribution is 2.39. The highest BCUT2D eigenvalue weighted by molar-refractivity contribution is 14.1. The van der Waals surface area contributed by atoms with E-state index in [-0.39, 0.29) is 25.2 Å². The van der Waals surface area contributed by atoms with Crippen molar-refractivity contribution in [2.45, 2.75) is 32.1 Å². The largest absolute Gasteiger partial charge is 0.326 e. The highest BCUT2D eigenvalue weighted by atomic mass is 127. The fraction of sp³-hybridized carbons (Fsp3) is 0.462. The van der Waals surface area contributed by atoms with E-state index in [1.165, 1.54) is 0 Å². The normalized spacial score (nSPS) is 21.9. The zero-order valence-corrected chi connectivity index (χ0v) is 12.1. The van der Waals surface area contributed by atoms with Crippen LogP contribution in [0.5, 0.6) is 0 Å². The molecule has 1 N–H and O–H groups in total. The van der Waals surface area contributed by atoms with E-state index in [1.807, 2.05) is 19.1 Å². The zero-order chi connectivity index (χ0) is 13.3. The minimum atomic E-state index is -2.68. The molecule has 2 nitrogen and oxygen atoms in total. The van der Waals surface area contributed by atoms with E-state index in [0.29, 0.717) is 5.69 Å². The highest BCUT2D eigenvalue weighted by Gasteiger charge is 2.42. The maximum atomic E-state index is 13.1. The maximum absolute atomic E-state index is 13.1. The van der Waals surface area contributed by atoms with Gasteiger partial charge in [0, 0.05) is 28.0 Å². The summed E-state index contributed by atoms with van der Waals surface area (Å²) in [6.07, 6.45) is -0.250. The zero-order valence-electron chi connectivity index (χ0n) is 9.97. The Kier molecular flexibility index (Phi) is 3.89. The molecule has 0 bridgehead atoms. The van der Waals surface area contributed by atoms with Crippen LogP contribution in [-0.2, 0) is 4.79 Å². The third-order valence-corrected chi connectivity index (χ3v) is 4.47. The summed E-state index contributed by atoms with van der Waals surface area (Å²) in [5.74, 6) is -3.54. The summed E-state index contributed by atoms with van der Waals surface area (Å²) >= 11 is 2.18.